The lowest BCUT2D eigenvalue weighted by Crippen LogP contribution is -2.56. The van der Waals surface area contributed by atoms with Gasteiger partial charge in [-0.3, -0.25) is 19.7 Å². The Bertz CT molecular complexity index is 651. The molecular formula is C18H24N4O3S. The second-order valence-corrected chi connectivity index (χ2v) is 7.73. The molecule has 26 heavy (non-hydrogen) atoms. The molecule has 3 amide bonds. The molecule has 0 aromatic heterocycles. The molecule has 0 bridgehead atoms. The number of rotatable bonds is 8. The average Bonchev–Trinajstić information content (AvgIpc) is 3.42. The van der Waals surface area contributed by atoms with E-state index in [1.54, 1.807) is 0 Å². The average molecular weight is 376 g/mol. The largest absolute Gasteiger partial charge is 0.353 e. The van der Waals surface area contributed by atoms with Gasteiger partial charge in [0.1, 0.15) is 5.50 Å². The summed E-state index contributed by atoms with van der Waals surface area (Å²) in [7, 11) is 0. The Morgan fingerprint density at radius 3 is 2.65 bits per heavy atom. The number of thioether (sulfide) groups is 1. The second-order valence-electron chi connectivity index (χ2n) is 6.63. The minimum absolute atomic E-state index is 0.0240. The van der Waals surface area contributed by atoms with Crippen LogP contribution in [0.1, 0.15) is 31.2 Å². The van der Waals surface area contributed by atoms with Gasteiger partial charge in [-0.05, 0) is 18.4 Å². The highest BCUT2D eigenvalue weighted by atomic mass is 32.2. The van der Waals surface area contributed by atoms with E-state index in [0.29, 0.717) is 12.6 Å². The van der Waals surface area contributed by atoms with Crippen LogP contribution in [0.15, 0.2) is 30.3 Å². The Labute approximate surface area is 157 Å². The molecule has 1 aliphatic heterocycles. The molecule has 1 saturated heterocycles. The third-order valence-electron chi connectivity index (χ3n) is 4.20. The van der Waals surface area contributed by atoms with E-state index in [2.05, 4.69) is 21.3 Å². The third-order valence-corrected chi connectivity index (χ3v) is 5.21. The van der Waals surface area contributed by atoms with Gasteiger partial charge in [0.25, 0.3) is 0 Å². The molecule has 8 heteroatoms. The summed E-state index contributed by atoms with van der Waals surface area (Å²) < 4.78 is 0. The summed E-state index contributed by atoms with van der Waals surface area (Å²) in [5.74, 6) is 0.00825. The molecule has 2 aliphatic rings. The zero-order valence-electron chi connectivity index (χ0n) is 14.5. The van der Waals surface area contributed by atoms with Gasteiger partial charge < -0.3 is 16.0 Å². The molecule has 1 saturated carbocycles. The monoisotopic (exact) mass is 376 g/mol. The summed E-state index contributed by atoms with van der Waals surface area (Å²) in [6.45, 7) is 0.481. The van der Waals surface area contributed by atoms with E-state index >= 15 is 0 Å². The van der Waals surface area contributed by atoms with Crippen LogP contribution < -0.4 is 21.3 Å². The zero-order valence-corrected chi connectivity index (χ0v) is 15.3. The smallest absolute Gasteiger partial charge is 0.230 e. The quantitative estimate of drug-likeness (QED) is 0.529. The third kappa shape index (κ3) is 6.34. The van der Waals surface area contributed by atoms with Crippen molar-refractivity contribution in [2.75, 3.05) is 5.75 Å². The minimum atomic E-state index is -0.363. The highest BCUT2D eigenvalue weighted by molar-refractivity contribution is 8.00. The van der Waals surface area contributed by atoms with Crippen molar-refractivity contribution in [3.05, 3.63) is 35.9 Å². The van der Waals surface area contributed by atoms with Gasteiger partial charge >= 0.3 is 0 Å². The van der Waals surface area contributed by atoms with E-state index in [1.165, 1.54) is 11.8 Å². The Morgan fingerprint density at radius 1 is 1.15 bits per heavy atom. The van der Waals surface area contributed by atoms with Crippen LogP contribution in [0.25, 0.3) is 0 Å². The van der Waals surface area contributed by atoms with Gasteiger partial charge in [-0.15, -0.1) is 11.8 Å². The minimum Gasteiger partial charge on any atom is -0.353 e. The van der Waals surface area contributed by atoms with E-state index in [-0.39, 0.29) is 47.9 Å². The highest BCUT2D eigenvalue weighted by Crippen LogP contribution is 2.19. The van der Waals surface area contributed by atoms with Crippen LogP contribution in [-0.2, 0) is 20.9 Å². The molecule has 1 aromatic rings. The van der Waals surface area contributed by atoms with E-state index in [9.17, 15) is 14.4 Å². The molecule has 140 valence electrons. The second kappa shape index (κ2) is 9.05. The molecule has 1 aliphatic carbocycles. The van der Waals surface area contributed by atoms with Gasteiger partial charge in [0.15, 0.2) is 0 Å². The van der Waals surface area contributed by atoms with Crippen LogP contribution in [-0.4, -0.2) is 41.1 Å². The number of hydrogen-bond donors (Lipinski definition) is 4. The zero-order chi connectivity index (χ0) is 18.4. The van der Waals surface area contributed by atoms with Crippen molar-refractivity contribution >= 4 is 29.5 Å². The summed E-state index contributed by atoms with van der Waals surface area (Å²) in [4.78, 5) is 35.8. The predicted molar refractivity (Wildman–Crippen MR) is 100.0 cm³/mol. The van der Waals surface area contributed by atoms with Crippen molar-refractivity contribution in [2.24, 2.45) is 0 Å². The van der Waals surface area contributed by atoms with E-state index < -0.39 is 0 Å². The number of carbonyl (C=O) groups is 3. The van der Waals surface area contributed by atoms with Crippen LogP contribution >= 0.6 is 11.8 Å². The normalized spacial score (nSPS) is 22.4. The number of carbonyl (C=O) groups excluding carboxylic acids is 3. The maximum atomic E-state index is 12.0. The molecule has 4 N–H and O–H groups in total. The van der Waals surface area contributed by atoms with Gasteiger partial charge in [0, 0.05) is 31.5 Å². The first-order valence-electron chi connectivity index (χ1n) is 8.85. The molecule has 1 heterocycles. The Hall–Kier alpha value is -2.06. The maximum Gasteiger partial charge on any atom is 0.230 e. The van der Waals surface area contributed by atoms with Crippen LogP contribution in [0.5, 0.6) is 0 Å². The summed E-state index contributed by atoms with van der Waals surface area (Å²) in [5.41, 5.74) is 0.675. The van der Waals surface area contributed by atoms with Crippen molar-refractivity contribution in [1.82, 2.24) is 21.3 Å². The van der Waals surface area contributed by atoms with Gasteiger partial charge in [-0.1, -0.05) is 30.3 Å². The molecule has 2 fully saturated rings. The Morgan fingerprint density at radius 2 is 1.92 bits per heavy atom. The van der Waals surface area contributed by atoms with E-state index in [1.807, 2.05) is 30.3 Å². The molecule has 0 spiro atoms. The first-order valence-corrected chi connectivity index (χ1v) is 9.90. The van der Waals surface area contributed by atoms with Crippen LogP contribution in [0.2, 0.25) is 0 Å². The van der Waals surface area contributed by atoms with Crippen LogP contribution in [0.4, 0.5) is 0 Å². The van der Waals surface area contributed by atoms with E-state index in [4.69, 9.17) is 0 Å². The number of amides is 3. The topological polar surface area (TPSA) is 99.3 Å². The van der Waals surface area contributed by atoms with Crippen LogP contribution in [0, 0.1) is 0 Å². The molecule has 7 nitrogen and oxygen atoms in total. The fraction of sp³-hybridized carbons (Fsp3) is 0.500. The lowest BCUT2D eigenvalue weighted by Gasteiger charge is -2.30. The Kier molecular flexibility index (Phi) is 6.51. The standard InChI is InChI=1S/C18H24N4O3S/c23-15(20-13-6-7-13)8-14-9-16(24)22-18(21-14)26-11-17(25)19-10-12-4-2-1-3-5-12/h1-5,13-14,18,21H,6-11H2,(H,19,25)(H,20,23)(H,22,24). The molecule has 1 aromatic carbocycles. The van der Waals surface area contributed by atoms with Gasteiger partial charge in [-0.25, -0.2) is 0 Å². The summed E-state index contributed by atoms with van der Waals surface area (Å²) in [6.07, 6.45) is 2.64. The van der Waals surface area contributed by atoms with Crippen molar-refractivity contribution in [3.8, 4) is 0 Å². The fourth-order valence-electron chi connectivity index (χ4n) is 2.71. The summed E-state index contributed by atoms with van der Waals surface area (Å²) in [5, 5.41) is 11.8. The first-order chi connectivity index (χ1) is 12.6. The lowest BCUT2D eigenvalue weighted by atomic mass is 10.1. The van der Waals surface area contributed by atoms with Crippen molar-refractivity contribution < 1.29 is 14.4 Å². The highest BCUT2D eigenvalue weighted by Gasteiger charge is 2.30. The van der Waals surface area contributed by atoms with Gasteiger partial charge in [0.2, 0.25) is 17.7 Å². The number of benzene rings is 1. The predicted octanol–water partition coefficient (Wildman–Crippen LogP) is 0.466. The van der Waals surface area contributed by atoms with Crippen LogP contribution in [0.3, 0.4) is 0 Å². The Balaban J connectivity index is 1.38. The van der Waals surface area contributed by atoms with E-state index in [0.717, 1.165) is 18.4 Å². The molecule has 2 atom stereocenters. The maximum absolute atomic E-state index is 12.0. The van der Waals surface area contributed by atoms with Crippen molar-refractivity contribution in [3.63, 3.8) is 0 Å². The summed E-state index contributed by atoms with van der Waals surface area (Å²) in [6, 6.07) is 9.81. The van der Waals surface area contributed by atoms with Crippen molar-refractivity contribution in [1.29, 1.82) is 0 Å². The van der Waals surface area contributed by atoms with Gasteiger partial charge in [-0.2, -0.15) is 0 Å². The SMILES string of the molecule is O=C(CSC1NC(=O)CC(CC(=O)NC2CC2)N1)NCc1ccccc1. The molecular weight excluding hydrogens is 352 g/mol. The van der Waals surface area contributed by atoms with Gasteiger partial charge in [0.05, 0.1) is 5.75 Å². The molecule has 2 unspecified atom stereocenters. The number of hydrogen-bond acceptors (Lipinski definition) is 5. The number of nitrogens with one attached hydrogen (secondary N) is 4. The fourth-order valence-corrected chi connectivity index (χ4v) is 3.63. The lowest BCUT2D eigenvalue weighted by molar-refractivity contribution is -0.125. The summed E-state index contributed by atoms with van der Waals surface area (Å²) >= 11 is 1.31. The molecule has 3 rings (SSSR count). The first kappa shape index (κ1) is 18.7. The van der Waals surface area contributed by atoms with Crippen molar-refractivity contribution in [2.45, 2.75) is 49.8 Å². The molecule has 0 radical (unpaired) electrons.